The third-order valence-electron chi connectivity index (χ3n) is 3.72. The molecular formula is C14H21N5O. The Bertz CT molecular complexity index is 463. The summed E-state index contributed by atoms with van der Waals surface area (Å²) >= 11 is 0. The van der Waals surface area contributed by atoms with Gasteiger partial charge in [-0.05, 0) is 32.0 Å². The van der Waals surface area contributed by atoms with E-state index >= 15 is 0 Å². The minimum Gasteiger partial charge on any atom is -0.367 e. The van der Waals surface area contributed by atoms with Crippen molar-refractivity contribution in [2.75, 3.05) is 38.5 Å². The minimum atomic E-state index is -0.0833. The zero-order valence-electron chi connectivity index (χ0n) is 11.8. The Balaban J connectivity index is 1.53. The van der Waals surface area contributed by atoms with Crippen molar-refractivity contribution in [1.82, 2.24) is 20.3 Å². The molecular weight excluding hydrogens is 254 g/mol. The number of hydrazine groups is 1. The summed E-state index contributed by atoms with van der Waals surface area (Å²) in [5.41, 5.74) is 3.54. The second kappa shape index (κ2) is 5.76. The number of rotatable bonds is 4. The van der Waals surface area contributed by atoms with Crippen LogP contribution in [0.2, 0.25) is 0 Å². The Morgan fingerprint density at radius 3 is 2.60 bits per heavy atom. The van der Waals surface area contributed by atoms with Crippen LogP contribution in [0.4, 0.5) is 5.82 Å². The van der Waals surface area contributed by atoms with Crippen molar-refractivity contribution >= 4 is 11.7 Å². The molecule has 6 nitrogen and oxygen atoms in total. The first kappa shape index (κ1) is 13.3. The van der Waals surface area contributed by atoms with E-state index < -0.39 is 0 Å². The van der Waals surface area contributed by atoms with Gasteiger partial charge < -0.3 is 10.2 Å². The fourth-order valence-corrected chi connectivity index (χ4v) is 2.18. The van der Waals surface area contributed by atoms with E-state index in [1.54, 1.807) is 6.20 Å². The van der Waals surface area contributed by atoms with Gasteiger partial charge in [-0.15, -0.1) is 0 Å². The first-order chi connectivity index (χ1) is 9.70. The van der Waals surface area contributed by atoms with Gasteiger partial charge in [0, 0.05) is 38.4 Å². The lowest BCUT2D eigenvalue weighted by atomic mass is 10.2. The summed E-state index contributed by atoms with van der Waals surface area (Å²) in [7, 11) is 2.09. The van der Waals surface area contributed by atoms with Crippen molar-refractivity contribution in [3.05, 3.63) is 23.9 Å². The monoisotopic (exact) mass is 275 g/mol. The van der Waals surface area contributed by atoms with Crippen LogP contribution in [0.1, 0.15) is 23.2 Å². The third kappa shape index (κ3) is 3.46. The summed E-state index contributed by atoms with van der Waals surface area (Å²) in [5.74, 6) is 0.767. The van der Waals surface area contributed by atoms with Crippen molar-refractivity contribution in [3.8, 4) is 0 Å². The number of piperazine rings is 1. The number of carbonyl (C=O) groups excluding carboxylic acids is 1. The normalized spacial score (nSPS) is 20.6. The minimum absolute atomic E-state index is 0.0833. The first-order valence-corrected chi connectivity index (χ1v) is 7.18. The summed E-state index contributed by atoms with van der Waals surface area (Å²) in [6.07, 6.45) is 4.07. The number of hydrogen-bond acceptors (Lipinski definition) is 5. The summed E-state index contributed by atoms with van der Waals surface area (Å²) in [6.45, 7) is 3.67. The molecule has 2 heterocycles. The van der Waals surface area contributed by atoms with E-state index in [2.05, 4.69) is 27.7 Å². The van der Waals surface area contributed by atoms with Gasteiger partial charge in [0.1, 0.15) is 5.82 Å². The molecule has 1 amide bonds. The van der Waals surface area contributed by atoms with Gasteiger partial charge in [0.15, 0.2) is 0 Å². The zero-order valence-corrected chi connectivity index (χ0v) is 11.8. The highest BCUT2D eigenvalue weighted by Crippen LogP contribution is 2.23. The highest BCUT2D eigenvalue weighted by molar-refractivity contribution is 5.93. The van der Waals surface area contributed by atoms with E-state index in [9.17, 15) is 4.79 Å². The molecule has 6 heteroatoms. The smallest absolute Gasteiger partial charge is 0.267 e. The molecule has 20 heavy (non-hydrogen) atoms. The molecule has 1 aromatic heterocycles. The van der Waals surface area contributed by atoms with Gasteiger partial charge >= 0.3 is 0 Å². The Kier molecular flexibility index (Phi) is 3.84. The predicted molar refractivity (Wildman–Crippen MR) is 77.4 cm³/mol. The van der Waals surface area contributed by atoms with Crippen LogP contribution in [0.3, 0.4) is 0 Å². The largest absolute Gasteiger partial charge is 0.367 e. The van der Waals surface area contributed by atoms with Crippen LogP contribution in [0.25, 0.3) is 0 Å². The molecule has 2 fully saturated rings. The quantitative estimate of drug-likeness (QED) is 0.840. The lowest BCUT2D eigenvalue weighted by molar-refractivity contribution is 0.0662. The van der Waals surface area contributed by atoms with E-state index in [1.165, 1.54) is 12.8 Å². The standard InChI is InChI=1S/C14H21N5O/c1-18-6-8-19(9-7-18)17-14(20)11-2-5-13(15-10-11)16-12-3-4-12/h2,5,10,12H,3-4,6-9H2,1H3,(H,15,16)(H,17,20). The Labute approximate surface area is 119 Å². The second-order valence-corrected chi connectivity index (χ2v) is 5.58. The van der Waals surface area contributed by atoms with Crippen molar-refractivity contribution in [2.45, 2.75) is 18.9 Å². The van der Waals surface area contributed by atoms with Crippen LogP contribution >= 0.6 is 0 Å². The number of hydrogen-bond donors (Lipinski definition) is 2. The fourth-order valence-electron chi connectivity index (χ4n) is 2.18. The molecule has 0 unspecified atom stereocenters. The van der Waals surface area contributed by atoms with Gasteiger partial charge in [0.2, 0.25) is 0 Å². The molecule has 1 aromatic rings. The Morgan fingerprint density at radius 2 is 2.00 bits per heavy atom. The van der Waals surface area contributed by atoms with Crippen LogP contribution in [0.5, 0.6) is 0 Å². The van der Waals surface area contributed by atoms with Gasteiger partial charge in [-0.1, -0.05) is 0 Å². The van der Waals surface area contributed by atoms with Gasteiger partial charge in [0.25, 0.3) is 5.91 Å². The molecule has 0 radical (unpaired) electrons. The maximum atomic E-state index is 12.1. The predicted octanol–water partition coefficient (Wildman–Crippen LogP) is 0.548. The van der Waals surface area contributed by atoms with Crippen molar-refractivity contribution in [1.29, 1.82) is 0 Å². The van der Waals surface area contributed by atoms with Crippen LogP contribution in [-0.2, 0) is 0 Å². The summed E-state index contributed by atoms with van der Waals surface area (Å²) in [6, 6.07) is 4.27. The van der Waals surface area contributed by atoms with Crippen LogP contribution < -0.4 is 10.7 Å². The molecule has 2 N–H and O–H groups in total. The maximum absolute atomic E-state index is 12.1. The van der Waals surface area contributed by atoms with Gasteiger partial charge in [-0.3, -0.25) is 10.2 Å². The zero-order chi connectivity index (χ0) is 13.9. The Morgan fingerprint density at radius 1 is 1.25 bits per heavy atom. The lowest BCUT2D eigenvalue weighted by Gasteiger charge is -2.32. The number of aromatic nitrogens is 1. The maximum Gasteiger partial charge on any atom is 0.267 e. The number of likely N-dealkylation sites (N-methyl/N-ethyl adjacent to an activating group) is 1. The van der Waals surface area contributed by atoms with Gasteiger partial charge in [-0.2, -0.15) is 0 Å². The highest BCUT2D eigenvalue weighted by atomic mass is 16.2. The number of pyridine rings is 1. The summed E-state index contributed by atoms with van der Waals surface area (Å²) in [4.78, 5) is 18.7. The van der Waals surface area contributed by atoms with E-state index in [-0.39, 0.29) is 5.91 Å². The molecule has 1 saturated heterocycles. The molecule has 3 rings (SSSR count). The number of carbonyl (C=O) groups is 1. The molecule has 1 aliphatic heterocycles. The second-order valence-electron chi connectivity index (χ2n) is 5.58. The van der Waals surface area contributed by atoms with Crippen molar-refractivity contribution < 1.29 is 4.79 Å². The molecule has 0 aromatic carbocycles. The number of amides is 1. The van der Waals surface area contributed by atoms with E-state index in [1.807, 2.05) is 17.1 Å². The topological polar surface area (TPSA) is 60.5 Å². The number of nitrogens with zero attached hydrogens (tertiary/aromatic N) is 3. The van der Waals surface area contributed by atoms with Crippen LogP contribution in [0, 0.1) is 0 Å². The molecule has 0 bridgehead atoms. The van der Waals surface area contributed by atoms with Gasteiger partial charge in [0.05, 0.1) is 5.56 Å². The number of anilines is 1. The average Bonchev–Trinajstić information content (AvgIpc) is 3.26. The third-order valence-corrected chi connectivity index (χ3v) is 3.72. The van der Waals surface area contributed by atoms with E-state index in [4.69, 9.17) is 0 Å². The summed E-state index contributed by atoms with van der Waals surface area (Å²) in [5, 5.41) is 5.28. The molecule has 0 spiro atoms. The van der Waals surface area contributed by atoms with E-state index in [0.29, 0.717) is 11.6 Å². The Hall–Kier alpha value is -1.66. The first-order valence-electron chi connectivity index (χ1n) is 7.18. The van der Waals surface area contributed by atoms with Gasteiger partial charge in [-0.25, -0.2) is 9.99 Å². The molecule has 1 saturated carbocycles. The number of nitrogens with one attached hydrogen (secondary N) is 2. The average molecular weight is 275 g/mol. The SMILES string of the molecule is CN1CCN(NC(=O)c2ccc(NC3CC3)nc2)CC1. The highest BCUT2D eigenvalue weighted by Gasteiger charge is 2.21. The van der Waals surface area contributed by atoms with E-state index in [0.717, 1.165) is 32.0 Å². The summed E-state index contributed by atoms with van der Waals surface area (Å²) < 4.78 is 0. The van der Waals surface area contributed by atoms with Crippen LogP contribution in [0.15, 0.2) is 18.3 Å². The lowest BCUT2D eigenvalue weighted by Crippen LogP contribution is -2.52. The van der Waals surface area contributed by atoms with Crippen molar-refractivity contribution in [3.63, 3.8) is 0 Å². The van der Waals surface area contributed by atoms with Crippen molar-refractivity contribution in [2.24, 2.45) is 0 Å². The molecule has 2 aliphatic rings. The molecule has 0 atom stereocenters. The van der Waals surface area contributed by atoms with Crippen LogP contribution in [-0.4, -0.2) is 60.1 Å². The fraction of sp³-hybridized carbons (Fsp3) is 0.571. The molecule has 108 valence electrons. The molecule has 1 aliphatic carbocycles.